The minimum atomic E-state index is -1.62. The smallest absolute Gasteiger partial charge is 0.328 e. The van der Waals surface area contributed by atoms with Gasteiger partial charge in [0.15, 0.2) is 6.04 Å². The highest BCUT2D eigenvalue weighted by atomic mass is 16.4. The van der Waals surface area contributed by atoms with Crippen LogP contribution in [-0.2, 0) is 25.6 Å². The van der Waals surface area contributed by atoms with Crippen LogP contribution >= 0.6 is 0 Å². The Morgan fingerprint density at radius 1 is 1.00 bits per heavy atom. The third kappa shape index (κ3) is 7.86. The molecule has 0 radical (unpaired) electrons. The van der Waals surface area contributed by atoms with Crippen LogP contribution in [0.2, 0.25) is 0 Å². The lowest BCUT2D eigenvalue weighted by molar-refractivity contribution is -0.145. The van der Waals surface area contributed by atoms with Gasteiger partial charge in [0.05, 0.1) is 19.3 Å². The van der Waals surface area contributed by atoms with Gasteiger partial charge in [-0.2, -0.15) is 0 Å². The zero-order chi connectivity index (χ0) is 22.0. The number of aliphatic carboxylic acids is 1. The quantitative estimate of drug-likeness (QED) is 0.202. The first-order valence-corrected chi connectivity index (χ1v) is 8.85. The Labute approximate surface area is 167 Å². The van der Waals surface area contributed by atoms with E-state index in [4.69, 9.17) is 10.8 Å². The van der Waals surface area contributed by atoms with Gasteiger partial charge in [-0.3, -0.25) is 14.4 Å². The molecule has 0 aromatic heterocycles. The van der Waals surface area contributed by atoms with Crippen LogP contribution in [0.15, 0.2) is 30.3 Å². The van der Waals surface area contributed by atoms with E-state index in [1.54, 1.807) is 30.3 Å². The molecule has 11 heteroatoms. The maximum absolute atomic E-state index is 12.6. The van der Waals surface area contributed by atoms with Gasteiger partial charge in [0.1, 0.15) is 12.1 Å². The monoisotopic (exact) mass is 410 g/mol. The topological polar surface area (TPSA) is 191 Å². The average Bonchev–Trinajstić information content (AvgIpc) is 2.69. The minimum Gasteiger partial charge on any atom is -0.480 e. The van der Waals surface area contributed by atoms with Crippen molar-refractivity contribution >= 4 is 23.7 Å². The highest BCUT2D eigenvalue weighted by molar-refractivity contribution is 5.93. The van der Waals surface area contributed by atoms with Crippen molar-refractivity contribution in [2.45, 2.75) is 37.6 Å². The molecule has 0 fully saturated rings. The molecule has 8 N–H and O–H groups in total. The second kappa shape index (κ2) is 11.7. The molecule has 1 rings (SSSR count). The van der Waals surface area contributed by atoms with Gasteiger partial charge in [0.25, 0.3) is 0 Å². The van der Waals surface area contributed by atoms with Crippen LogP contribution in [0.25, 0.3) is 0 Å². The Morgan fingerprint density at radius 2 is 1.59 bits per heavy atom. The maximum Gasteiger partial charge on any atom is 0.328 e. The van der Waals surface area contributed by atoms with E-state index in [0.29, 0.717) is 0 Å². The highest BCUT2D eigenvalue weighted by Crippen LogP contribution is 2.04. The predicted octanol–water partition coefficient (Wildman–Crippen LogP) is -2.90. The van der Waals surface area contributed by atoms with Crippen LogP contribution < -0.4 is 21.7 Å². The van der Waals surface area contributed by atoms with Gasteiger partial charge in [-0.25, -0.2) is 4.79 Å². The van der Waals surface area contributed by atoms with Gasteiger partial charge < -0.3 is 37.0 Å². The number of carbonyl (C=O) groups is 4. The number of amides is 3. The van der Waals surface area contributed by atoms with Gasteiger partial charge in [-0.15, -0.1) is 0 Å². The number of carboxylic acid groups (broad SMARTS) is 1. The number of nitrogens with one attached hydrogen (secondary N) is 3. The van der Waals surface area contributed by atoms with Crippen LogP contribution in [0, 0.1) is 0 Å². The van der Waals surface area contributed by atoms with E-state index in [9.17, 15) is 29.4 Å². The molecule has 4 unspecified atom stereocenters. The summed E-state index contributed by atoms with van der Waals surface area (Å²) in [5.74, 6) is -3.84. The maximum atomic E-state index is 12.6. The van der Waals surface area contributed by atoms with Crippen LogP contribution in [0.3, 0.4) is 0 Å². The number of hydrogen-bond acceptors (Lipinski definition) is 7. The number of carboxylic acids is 1. The van der Waals surface area contributed by atoms with E-state index in [1.165, 1.54) is 6.92 Å². The zero-order valence-electron chi connectivity index (χ0n) is 15.9. The summed E-state index contributed by atoms with van der Waals surface area (Å²) in [5, 5.41) is 34.7. The van der Waals surface area contributed by atoms with Crippen molar-refractivity contribution in [1.82, 2.24) is 16.0 Å². The minimum absolute atomic E-state index is 0.101. The number of aliphatic hydroxyl groups is 2. The summed E-state index contributed by atoms with van der Waals surface area (Å²) in [6.45, 7) is -0.00633. The van der Waals surface area contributed by atoms with Crippen LogP contribution in [-0.4, -0.2) is 76.4 Å². The number of benzene rings is 1. The third-order valence-corrected chi connectivity index (χ3v) is 3.98. The van der Waals surface area contributed by atoms with Crippen molar-refractivity contribution in [1.29, 1.82) is 0 Å². The van der Waals surface area contributed by atoms with Crippen molar-refractivity contribution in [3.63, 3.8) is 0 Å². The van der Waals surface area contributed by atoms with Crippen molar-refractivity contribution in [3.05, 3.63) is 35.9 Å². The van der Waals surface area contributed by atoms with E-state index in [2.05, 4.69) is 10.6 Å². The van der Waals surface area contributed by atoms with Crippen LogP contribution in [0.1, 0.15) is 12.5 Å². The van der Waals surface area contributed by atoms with E-state index in [1.807, 2.05) is 5.32 Å². The molecular formula is C18H26N4O7. The summed E-state index contributed by atoms with van der Waals surface area (Å²) in [7, 11) is 0. The molecular weight excluding hydrogens is 384 g/mol. The molecule has 4 atom stereocenters. The first-order valence-electron chi connectivity index (χ1n) is 8.85. The summed E-state index contributed by atoms with van der Waals surface area (Å²) in [6.07, 6.45) is -1.30. The van der Waals surface area contributed by atoms with E-state index >= 15 is 0 Å². The van der Waals surface area contributed by atoms with Gasteiger partial charge >= 0.3 is 5.97 Å². The lowest BCUT2D eigenvalue weighted by Gasteiger charge is -2.24. The Balaban J connectivity index is 2.89. The molecule has 29 heavy (non-hydrogen) atoms. The number of carbonyl (C=O) groups excluding carboxylic acids is 3. The average molecular weight is 410 g/mol. The molecule has 0 saturated carbocycles. The third-order valence-electron chi connectivity index (χ3n) is 3.98. The van der Waals surface area contributed by atoms with Gasteiger partial charge in [-0.1, -0.05) is 30.3 Å². The SMILES string of the molecule is CC(O)C(NC(=O)C(CO)NC(=O)C(Cc1ccccc1)NC(=O)CN)C(=O)O. The summed E-state index contributed by atoms with van der Waals surface area (Å²) in [4.78, 5) is 47.6. The lowest BCUT2D eigenvalue weighted by Crippen LogP contribution is -2.59. The predicted molar refractivity (Wildman–Crippen MR) is 101 cm³/mol. The van der Waals surface area contributed by atoms with Crippen LogP contribution in [0.5, 0.6) is 0 Å². The Kier molecular flexibility index (Phi) is 9.72. The fraction of sp³-hybridized carbons (Fsp3) is 0.444. The molecule has 160 valence electrons. The second-order valence-electron chi connectivity index (χ2n) is 6.32. The normalized spacial score (nSPS) is 14.8. The summed E-state index contributed by atoms with van der Waals surface area (Å²) in [6, 6.07) is 4.58. The lowest BCUT2D eigenvalue weighted by atomic mass is 10.0. The van der Waals surface area contributed by atoms with Crippen molar-refractivity contribution in [2.75, 3.05) is 13.2 Å². The number of rotatable bonds is 11. The van der Waals surface area contributed by atoms with E-state index in [-0.39, 0.29) is 13.0 Å². The summed E-state index contributed by atoms with van der Waals surface area (Å²) in [5.41, 5.74) is 6.01. The number of hydrogen-bond donors (Lipinski definition) is 7. The van der Waals surface area contributed by atoms with Gasteiger partial charge in [0.2, 0.25) is 17.7 Å². The molecule has 11 nitrogen and oxygen atoms in total. The Hall–Kier alpha value is -3.02. The Morgan fingerprint density at radius 3 is 2.07 bits per heavy atom. The summed E-state index contributed by atoms with van der Waals surface area (Å²) >= 11 is 0. The highest BCUT2D eigenvalue weighted by Gasteiger charge is 2.31. The molecule has 0 bridgehead atoms. The molecule has 1 aromatic carbocycles. The molecule has 0 spiro atoms. The molecule has 1 aromatic rings. The number of aliphatic hydroxyl groups excluding tert-OH is 2. The largest absolute Gasteiger partial charge is 0.480 e. The van der Waals surface area contributed by atoms with E-state index < -0.39 is 54.5 Å². The van der Waals surface area contributed by atoms with Crippen molar-refractivity contribution in [3.8, 4) is 0 Å². The second-order valence-corrected chi connectivity index (χ2v) is 6.32. The molecule has 0 heterocycles. The van der Waals surface area contributed by atoms with Crippen LogP contribution in [0.4, 0.5) is 0 Å². The number of nitrogens with two attached hydrogens (primary N) is 1. The first kappa shape index (κ1) is 24.0. The van der Waals surface area contributed by atoms with Gasteiger partial charge in [-0.05, 0) is 12.5 Å². The molecule has 0 aliphatic heterocycles. The van der Waals surface area contributed by atoms with Crippen molar-refractivity contribution < 1.29 is 34.5 Å². The summed E-state index contributed by atoms with van der Waals surface area (Å²) < 4.78 is 0. The molecule has 0 saturated heterocycles. The fourth-order valence-corrected chi connectivity index (χ4v) is 2.42. The molecule has 0 aliphatic carbocycles. The van der Waals surface area contributed by atoms with Crippen molar-refractivity contribution in [2.24, 2.45) is 5.73 Å². The standard InChI is InChI=1S/C18H26N4O7/c1-10(24)15(18(28)29)22-17(27)13(9-23)21-16(26)12(20-14(25)8-19)7-11-5-3-2-4-6-11/h2-6,10,12-13,15,23-24H,7-9,19H2,1H3,(H,20,25)(H,21,26)(H,22,27)(H,28,29). The Bertz CT molecular complexity index is 711. The first-order chi connectivity index (χ1) is 13.7. The zero-order valence-corrected chi connectivity index (χ0v) is 15.9. The fourth-order valence-electron chi connectivity index (χ4n) is 2.42. The van der Waals surface area contributed by atoms with Gasteiger partial charge in [0, 0.05) is 6.42 Å². The molecule has 3 amide bonds. The van der Waals surface area contributed by atoms with E-state index in [0.717, 1.165) is 5.56 Å². The molecule has 0 aliphatic rings.